The number of anilines is 1. The summed E-state index contributed by atoms with van der Waals surface area (Å²) in [6.07, 6.45) is 8.40. The number of rotatable bonds is 6. The van der Waals surface area contributed by atoms with Crippen LogP contribution < -0.4 is 10.1 Å². The molecule has 2 aromatic rings. The molecule has 1 aliphatic carbocycles. The topological polar surface area (TPSA) is 24.5 Å². The Labute approximate surface area is 156 Å². The largest absolute Gasteiger partial charge is 0.495 e. The summed E-state index contributed by atoms with van der Waals surface area (Å²) in [6.45, 7) is 4.51. The average molecular weight is 348 g/mol. The summed E-state index contributed by atoms with van der Waals surface area (Å²) in [4.78, 5) is 2.62. The van der Waals surface area contributed by atoms with Crippen molar-refractivity contribution in [3.8, 4) is 5.75 Å². The molecule has 2 aromatic carbocycles. The van der Waals surface area contributed by atoms with Crippen molar-refractivity contribution in [1.82, 2.24) is 4.90 Å². The van der Waals surface area contributed by atoms with Crippen LogP contribution in [0.2, 0.25) is 0 Å². The van der Waals surface area contributed by atoms with Gasteiger partial charge in [-0.15, -0.1) is 0 Å². The number of benzene rings is 2. The maximum atomic E-state index is 5.40. The summed E-state index contributed by atoms with van der Waals surface area (Å²) in [5.74, 6) is 0.916. The average Bonchev–Trinajstić information content (AvgIpc) is 3.05. The van der Waals surface area contributed by atoms with Crippen LogP contribution in [0.25, 0.3) is 6.08 Å². The van der Waals surface area contributed by atoms with Crippen molar-refractivity contribution in [2.75, 3.05) is 38.6 Å². The van der Waals surface area contributed by atoms with Crippen LogP contribution in [0.4, 0.5) is 5.69 Å². The van der Waals surface area contributed by atoms with Crippen molar-refractivity contribution in [2.45, 2.75) is 24.7 Å². The highest BCUT2D eigenvalue weighted by atomic mass is 16.5. The normalized spacial score (nSPS) is 18.0. The number of allylic oxidation sites excluding steroid dienone is 1. The van der Waals surface area contributed by atoms with Crippen LogP contribution in [0.5, 0.6) is 5.75 Å². The Balaban J connectivity index is 1.25. The van der Waals surface area contributed by atoms with Gasteiger partial charge in [0.25, 0.3) is 0 Å². The highest BCUT2D eigenvalue weighted by Crippen LogP contribution is 2.43. The van der Waals surface area contributed by atoms with Crippen LogP contribution in [0.15, 0.2) is 54.6 Å². The third-order valence-corrected chi connectivity index (χ3v) is 5.90. The minimum atomic E-state index is 0.294. The predicted octanol–water partition coefficient (Wildman–Crippen LogP) is 4.56. The molecule has 4 rings (SSSR count). The summed E-state index contributed by atoms with van der Waals surface area (Å²) < 4.78 is 5.40. The van der Waals surface area contributed by atoms with E-state index < -0.39 is 0 Å². The second kappa shape index (κ2) is 7.55. The minimum absolute atomic E-state index is 0.294. The van der Waals surface area contributed by atoms with Gasteiger partial charge in [0.05, 0.1) is 12.8 Å². The standard InChI is InChI=1S/C23H28N2O/c1-26-22-10-5-4-9-21(22)24-15-6-16-25-17-13-23(14-18-25)12-11-19-7-2-3-8-20(19)23/h2-5,7-12,24H,6,13-18H2,1H3. The van der Waals surface area contributed by atoms with Crippen LogP contribution in [-0.2, 0) is 5.41 Å². The summed E-state index contributed by atoms with van der Waals surface area (Å²) in [6, 6.07) is 17.0. The fourth-order valence-electron chi connectivity index (χ4n) is 4.36. The molecule has 2 aliphatic rings. The molecule has 1 spiro atoms. The molecule has 3 nitrogen and oxygen atoms in total. The first-order valence-corrected chi connectivity index (χ1v) is 9.69. The third-order valence-electron chi connectivity index (χ3n) is 5.90. The lowest BCUT2D eigenvalue weighted by atomic mass is 9.74. The Morgan fingerprint density at radius 2 is 1.81 bits per heavy atom. The molecule has 136 valence electrons. The van der Waals surface area contributed by atoms with E-state index in [2.05, 4.69) is 52.7 Å². The van der Waals surface area contributed by atoms with Crippen LogP contribution >= 0.6 is 0 Å². The lowest BCUT2D eigenvalue weighted by molar-refractivity contribution is 0.184. The quantitative estimate of drug-likeness (QED) is 0.775. The van der Waals surface area contributed by atoms with Gasteiger partial charge in [-0.05, 0) is 62.2 Å². The molecular formula is C23H28N2O. The Bertz CT molecular complexity index is 775. The first-order valence-electron chi connectivity index (χ1n) is 9.69. The monoisotopic (exact) mass is 348 g/mol. The lowest BCUT2D eigenvalue weighted by Gasteiger charge is -2.39. The van der Waals surface area contributed by atoms with E-state index >= 15 is 0 Å². The Hall–Kier alpha value is -2.26. The van der Waals surface area contributed by atoms with Crippen LogP contribution in [-0.4, -0.2) is 38.2 Å². The van der Waals surface area contributed by atoms with Gasteiger partial charge >= 0.3 is 0 Å². The summed E-state index contributed by atoms with van der Waals surface area (Å²) in [5.41, 5.74) is 4.34. The van der Waals surface area contributed by atoms with Gasteiger partial charge in [0.1, 0.15) is 5.75 Å². The van der Waals surface area contributed by atoms with Crippen molar-refractivity contribution >= 4 is 11.8 Å². The zero-order valence-corrected chi connectivity index (χ0v) is 15.6. The fourth-order valence-corrected chi connectivity index (χ4v) is 4.36. The smallest absolute Gasteiger partial charge is 0.141 e. The Kier molecular flexibility index (Phi) is 4.98. The molecule has 1 aliphatic heterocycles. The summed E-state index contributed by atoms with van der Waals surface area (Å²) >= 11 is 0. The molecule has 1 heterocycles. The van der Waals surface area contributed by atoms with E-state index in [4.69, 9.17) is 4.74 Å². The van der Waals surface area contributed by atoms with Gasteiger partial charge in [-0.2, -0.15) is 0 Å². The number of nitrogens with one attached hydrogen (secondary N) is 1. The van der Waals surface area contributed by atoms with E-state index in [1.54, 1.807) is 7.11 Å². The maximum Gasteiger partial charge on any atom is 0.141 e. The van der Waals surface area contributed by atoms with E-state index in [-0.39, 0.29) is 0 Å². The van der Waals surface area contributed by atoms with Gasteiger partial charge in [0, 0.05) is 12.0 Å². The molecule has 26 heavy (non-hydrogen) atoms. The number of likely N-dealkylation sites (tertiary alicyclic amines) is 1. The molecule has 0 amide bonds. The first kappa shape index (κ1) is 17.2. The van der Waals surface area contributed by atoms with Gasteiger partial charge in [-0.3, -0.25) is 0 Å². The number of methoxy groups -OCH3 is 1. The molecule has 1 saturated heterocycles. The summed E-state index contributed by atoms with van der Waals surface area (Å²) in [5, 5.41) is 3.50. The van der Waals surface area contributed by atoms with Crippen molar-refractivity contribution in [2.24, 2.45) is 0 Å². The van der Waals surface area contributed by atoms with Gasteiger partial charge in [0.2, 0.25) is 0 Å². The molecule has 0 radical (unpaired) electrons. The van der Waals surface area contributed by atoms with Crippen molar-refractivity contribution < 1.29 is 4.74 Å². The van der Waals surface area contributed by atoms with Crippen LogP contribution in [0, 0.1) is 0 Å². The zero-order chi connectivity index (χ0) is 17.8. The second-order valence-electron chi connectivity index (χ2n) is 7.40. The molecule has 0 unspecified atom stereocenters. The molecule has 0 bridgehead atoms. The third kappa shape index (κ3) is 3.36. The first-order chi connectivity index (χ1) is 12.8. The Morgan fingerprint density at radius 1 is 1.04 bits per heavy atom. The summed E-state index contributed by atoms with van der Waals surface area (Å²) in [7, 11) is 1.72. The maximum absolute atomic E-state index is 5.40. The van der Waals surface area contributed by atoms with Crippen molar-refractivity contribution in [3.63, 3.8) is 0 Å². The SMILES string of the molecule is COc1ccccc1NCCCN1CCC2(C=Cc3ccccc32)CC1. The lowest BCUT2D eigenvalue weighted by Crippen LogP contribution is -2.41. The van der Waals surface area contributed by atoms with E-state index in [9.17, 15) is 0 Å². The molecule has 1 N–H and O–H groups in total. The minimum Gasteiger partial charge on any atom is -0.495 e. The Morgan fingerprint density at radius 3 is 2.65 bits per heavy atom. The molecule has 0 saturated carbocycles. The van der Waals surface area contributed by atoms with Crippen molar-refractivity contribution in [1.29, 1.82) is 0 Å². The van der Waals surface area contributed by atoms with Gasteiger partial charge in [-0.25, -0.2) is 0 Å². The number of fused-ring (bicyclic) bond motifs is 2. The van der Waals surface area contributed by atoms with E-state index in [0.717, 1.165) is 30.9 Å². The number of ether oxygens (including phenoxy) is 1. The molecular weight excluding hydrogens is 320 g/mol. The number of hydrogen-bond acceptors (Lipinski definition) is 3. The number of piperidine rings is 1. The number of hydrogen-bond donors (Lipinski definition) is 1. The molecule has 1 fully saturated rings. The zero-order valence-electron chi connectivity index (χ0n) is 15.6. The number of nitrogens with zero attached hydrogens (tertiary/aromatic N) is 1. The highest BCUT2D eigenvalue weighted by Gasteiger charge is 2.37. The number of para-hydroxylation sites is 2. The van der Waals surface area contributed by atoms with Gasteiger partial charge in [0.15, 0.2) is 0 Å². The van der Waals surface area contributed by atoms with Gasteiger partial charge in [-0.1, -0.05) is 48.6 Å². The molecule has 0 aromatic heterocycles. The van der Waals surface area contributed by atoms with Crippen LogP contribution in [0.1, 0.15) is 30.4 Å². The molecule has 3 heteroatoms. The van der Waals surface area contributed by atoms with E-state index in [1.165, 1.54) is 37.1 Å². The van der Waals surface area contributed by atoms with Gasteiger partial charge < -0.3 is 15.0 Å². The van der Waals surface area contributed by atoms with Crippen LogP contribution in [0.3, 0.4) is 0 Å². The van der Waals surface area contributed by atoms with E-state index in [1.807, 2.05) is 18.2 Å². The fraction of sp³-hybridized carbons (Fsp3) is 0.391. The highest BCUT2D eigenvalue weighted by molar-refractivity contribution is 5.65. The second-order valence-corrected chi connectivity index (χ2v) is 7.40. The van der Waals surface area contributed by atoms with Crippen molar-refractivity contribution in [3.05, 3.63) is 65.7 Å². The molecule has 0 atom stereocenters. The predicted molar refractivity (Wildman–Crippen MR) is 109 cm³/mol. The van der Waals surface area contributed by atoms with E-state index in [0.29, 0.717) is 5.41 Å².